The molecule has 1 aromatic carbocycles. The van der Waals surface area contributed by atoms with Crippen molar-refractivity contribution < 1.29 is 9.21 Å². The molecule has 1 N–H and O–H groups in total. The van der Waals surface area contributed by atoms with Crippen molar-refractivity contribution in [2.45, 2.75) is 33.1 Å². The molecular weight excluding hydrogens is 278 g/mol. The third-order valence-corrected chi connectivity index (χ3v) is 2.96. The summed E-state index contributed by atoms with van der Waals surface area (Å²) >= 11 is 5.86. The highest BCUT2D eigenvalue weighted by molar-refractivity contribution is 6.30. The molecule has 0 spiro atoms. The van der Waals surface area contributed by atoms with Gasteiger partial charge in [-0.1, -0.05) is 37.5 Å². The van der Waals surface area contributed by atoms with Crippen molar-refractivity contribution in [1.29, 1.82) is 0 Å². The van der Waals surface area contributed by atoms with Crippen molar-refractivity contribution in [1.82, 2.24) is 10.2 Å². The lowest BCUT2D eigenvalue weighted by Crippen LogP contribution is -2.13. The first-order valence-corrected chi connectivity index (χ1v) is 6.56. The average molecular weight is 294 g/mol. The molecule has 0 aliphatic carbocycles. The summed E-state index contributed by atoms with van der Waals surface area (Å²) in [6.45, 7) is 7.68. The number of anilines is 1. The number of nitrogens with zero attached hydrogens (tertiary/aromatic N) is 2. The molecule has 1 heterocycles. The normalized spacial score (nSPS) is 11.4. The van der Waals surface area contributed by atoms with Crippen LogP contribution in [0.3, 0.4) is 0 Å². The first-order chi connectivity index (χ1) is 9.27. The maximum absolute atomic E-state index is 12.1. The van der Waals surface area contributed by atoms with Crippen molar-refractivity contribution in [3.63, 3.8) is 0 Å². The minimum absolute atomic E-state index is 0.0919. The van der Waals surface area contributed by atoms with Gasteiger partial charge in [-0.05, 0) is 30.7 Å². The molecule has 0 fully saturated rings. The Balaban J connectivity index is 2.17. The van der Waals surface area contributed by atoms with Gasteiger partial charge in [-0.25, -0.2) is 0 Å². The fraction of sp³-hybridized carbons (Fsp3) is 0.357. The van der Waals surface area contributed by atoms with E-state index in [0.29, 0.717) is 16.5 Å². The molecule has 0 atom stereocenters. The van der Waals surface area contributed by atoms with Crippen molar-refractivity contribution in [3.05, 3.63) is 40.2 Å². The van der Waals surface area contributed by atoms with E-state index in [1.807, 2.05) is 27.7 Å². The largest absolute Gasteiger partial charge is 0.407 e. The van der Waals surface area contributed by atoms with Crippen LogP contribution in [0.1, 0.15) is 42.6 Å². The topological polar surface area (TPSA) is 68.0 Å². The van der Waals surface area contributed by atoms with Gasteiger partial charge < -0.3 is 4.42 Å². The van der Waals surface area contributed by atoms with Crippen LogP contribution in [0, 0.1) is 6.92 Å². The Morgan fingerprint density at radius 3 is 2.55 bits per heavy atom. The number of carbonyl (C=O) groups excluding carboxylic acids is 1. The summed E-state index contributed by atoms with van der Waals surface area (Å²) in [4.78, 5) is 12.1. The number of amides is 1. The molecule has 20 heavy (non-hydrogen) atoms. The molecular formula is C14H16ClN3O2. The molecule has 0 saturated carbocycles. The number of benzene rings is 1. The van der Waals surface area contributed by atoms with Gasteiger partial charge in [0.15, 0.2) is 0 Å². The van der Waals surface area contributed by atoms with Crippen LogP contribution >= 0.6 is 11.6 Å². The van der Waals surface area contributed by atoms with E-state index in [-0.39, 0.29) is 17.3 Å². The molecule has 0 bridgehead atoms. The van der Waals surface area contributed by atoms with Crippen LogP contribution in [0.4, 0.5) is 6.01 Å². The summed E-state index contributed by atoms with van der Waals surface area (Å²) in [5, 5.41) is 10.9. The van der Waals surface area contributed by atoms with Crippen molar-refractivity contribution in [2.75, 3.05) is 5.32 Å². The van der Waals surface area contributed by atoms with E-state index >= 15 is 0 Å². The Morgan fingerprint density at radius 2 is 2.00 bits per heavy atom. The van der Waals surface area contributed by atoms with Gasteiger partial charge in [0.05, 0.1) is 0 Å². The molecule has 1 amide bonds. The average Bonchev–Trinajstić information content (AvgIpc) is 2.76. The number of nitrogens with one attached hydrogen (secondary N) is 1. The zero-order chi connectivity index (χ0) is 14.9. The van der Waals surface area contributed by atoms with Gasteiger partial charge in [0.2, 0.25) is 5.89 Å². The number of carbonyl (C=O) groups is 1. The van der Waals surface area contributed by atoms with E-state index in [9.17, 15) is 4.79 Å². The second kappa shape index (κ2) is 5.25. The number of aryl methyl sites for hydroxylation is 1. The number of rotatable bonds is 2. The van der Waals surface area contributed by atoms with E-state index < -0.39 is 0 Å². The number of hydrogen-bond acceptors (Lipinski definition) is 4. The molecule has 6 heteroatoms. The highest BCUT2D eigenvalue weighted by Gasteiger charge is 2.22. The van der Waals surface area contributed by atoms with Crippen LogP contribution in [-0.2, 0) is 5.41 Å². The van der Waals surface area contributed by atoms with Crippen LogP contribution in [0.25, 0.3) is 0 Å². The number of aromatic nitrogens is 2. The third-order valence-electron chi connectivity index (χ3n) is 2.72. The molecule has 0 aliphatic heterocycles. The zero-order valence-electron chi connectivity index (χ0n) is 11.8. The Bertz CT molecular complexity index is 644. The zero-order valence-corrected chi connectivity index (χ0v) is 12.6. The quantitative estimate of drug-likeness (QED) is 0.919. The predicted molar refractivity (Wildman–Crippen MR) is 77.1 cm³/mol. The van der Waals surface area contributed by atoms with E-state index in [4.69, 9.17) is 16.0 Å². The molecule has 0 radical (unpaired) electrons. The first-order valence-electron chi connectivity index (χ1n) is 6.19. The van der Waals surface area contributed by atoms with Crippen molar-refractivity contribution in [3.8, 4) is 0 Å². The third kappa shape index (κ3) is 3.17. The monoisotopic (exact) mass is 293 g/mol. The fourth-order valence-corrected chi connectivity index (χ4v) is 1.85. The van der Waals surface area contributed by atoms with Gasteiger partial charge in [0, 0.05) is 16.0 Å². The SMILES string of the molecule is Cc1cc(Cl)ccc1C(=O)Nc1nnc(C(C)(C)C)o1. The predicted octanol–water partition coefficient (Wildman–Crippen LogP) is 3.58. The standard InChI is InChI=1S/C14H16ClN3O2/c1-8-7-9(15)5-6-10(8)11(19)16-13-18-17-12(20-13)14(2,3)4/h5-7H,1-4H3,(H,16,18,19). The second-order valence-corrected chi connectivity index (χ2v) is 6.01. The molecule has 0 unspecified atom stereocenters. The van der Waals surface area contributed by atoms with Gasteiger partial charge in [0.1, 0.15) is 0 Å². The van der Waals surface area contributed by atoms with Gasteiger partial charge in [-0.2, -0.15) is 0 Å². The van der Waals surface area contributed by atoms with Crippen molar-refractivity contribution in [2.24, 2.45) is 0 Å². The summed E-state index contributed by atoms with van der Waals surface area (Å²) in [6, 6.07) is 5.14. The summed E-state index contributed by atoms with van der Waals surface area (Å²) in [5.41, 5.74) is 1.04. The van der Waals surface area contributed by atoms with E-state index in [1.54, 1.807) is 18.2 Å². The smallest absolute Gasteiger partial charge is 0.322 e. The Morgan fingerprint density at radius 1 is 1.30 bits per heavy atom. The van der Waals surface area contributed by atoms with Crippen LogP contribution < -0.4 is 5.32 Å². The van der Waals surface area contributed by atoms with Crippen LogP contribution in [-0.4, -0.2) is 16.1 Å². The maximum Gasteiger partial charge on any atom is 0.322 e. The van der Waals surface area contributed by atoms with Gasteiger partial charge in [-0.3, -0.25) is 10.1 Å². The van der Waals surface area contributed by atoms with Gasteiger partial charge >= 0.3 is 6.01 Å². The molecule has 0 aliphatic rings. The molecule has 2 aromatic rings. The van der Waals surface area contributed by atoms with Gasteiger partial charge in [0.25, 0.3) is 5.91 Å². The lowest BCUT2D eigenvalue weighted by atomic mass is 9.97. The Hall–Kier alpha value is -1.88. The molecule has 2 rings (SSSR count). The fourth-order valence-electron chi connectivity index (χ4n) is 1.62. The summed E-state index contributed by atoms with van der Waals surface area (Å²) in [5.74, 6) is 0.170. The van der Waals surface area contributed by atoms with Gasteiger partial charge in [-0.15, -0.1) is 5.10 Å². The summed E-state index contributed by atoms with van der Waals surface area (Å²) in [7, 11) is 0. The lowest BCUT2D eigenvalue weighted by Gasteiger charge is -2.11. The van der Waals surface area contributed by atoms with E-state index in [0.717, 1.165) is 5.56 Å². The summed E-state index contributed by atoms with van der Waals surface area (Å²) in [6.07, 6.45) is 0. The Kier molecular flexibility index (Phi) is 3.81. The van der Waals surface area contributed by atoms with E-state index in [1.165, 1.54) is 0 Å². The molecule has 0 saturated heterocycles. The highest BCUT2D eigenvalue weighted by atomic mass is 35.5. The van der Waals surface area contributed by atoms with Crippen LogP contribution in [0.5, 0.6) is 0 Å². The second-order valence-electron chi connectivity index (χ2n) is 5.58. The van der Waals surface area contributed by atoms with Crippen molar-refractivity contribution >= 4 is 23.5 Å². The number of hydrogen-bond donors (Lipinski definition) is 1. The summed E-state index contributed by atoms with van der Waals surface area (Å²) < 4.78 is 5.42. The molecule has 106 valence electrons. The number of halogens is 1. The van der Waals surface area contributed by atoms with Crippen LogP contribution in [0.15, 0.2) is 22.6 Å². The Labute approximate surface area is 122 Å². The lowest BCUT2D eigenvalue weighted by molar-refractivity contribution is 0.102. The minimum Gasteiger partial charge on any atom is -0.407 e. The molecule has 1 aromatic heterocycles. The molecule has 5 nitrogen and oxygen atoms in total. The van der Waals surface area contributed by atoms with E-state index in [2.05, 4.69) is 15.5 Å². The highest BCUT2D eigenvalue weighted by Crippen LogP contribution is 2.22. The minimum atomic E-state index is -0.303. The first kappa shape index (κ1) is 14.5. The van der Waals surface area contributed by atoms with Crippen LogP contribution in [0.2, 0.25) is 5.02 Å². The maximum atomic E-state index is 12.1.